The molecule has 6 nitrogen and oxygen atoms in total. The normalized spacial score (nSPS) is 20.3. The van der Waals surface area contributed by atoms with Gasteiger partial charge in [0.05, 0.1) is 24.0 Å². The summed E-state index contributed by atoms with van der Waals surface area (Å²) in [6.07, 6.45) is 2.54. The van der Waals surface area contributed by atoms with Crippen molar-refractivity contribution in [2.75, 3.05) is 18.9 Å². The van der Waals surface area contributed by atoms with Gasteiger partial charge in [-0.2, -0.15) is 0 Å². The molecule has 2 unspecified atom stereocenters. The van der Waals surface area contributed by atoms with Crippen molar-refractivity contribution in [2.45, 2.75) is 19.8 Å². The molecule has 1 aliphatic carbocycles. The van der Waals surface area contributed by atoms with Crippen LogP contribution in [0.25, 0.3) is 0 Å². The first-order valence-electron chi connectivity index (χ1n) is 6.64. The standard InChI is InChI=1S/C14H19N3O3/c1-9-5-10(9)8-17(2)14(20)16-12-4-3-11(15-7-12)6-13(18)19/h3-4,7,9-10H,5-6,8H2,1-2H3,(H,16,20)(H,18,19). The first-order chi connectivity index (χ1) is 9.45. The van der Waals surface area contributed by atoms with Gasteiger partial charge in [0.2, 0.25) is 0 Å². The quantitative estimate of drug-likeness (QED) is 0.860. The lowest BCUT2D eigenvalue weighted by molar-refractivity contribution is -0.136. The van der Waals surface area contributed by atoms with Gasteiger partial charge < -0.3 is 15.3 Å². The summed E-state index contributed by atoms with van der Waals surface area (Å²) in [7, 11) is 1.77. The minimum Gasteiger partial charge on any atom is -0.481 e. The number of anilines is 1. The van der Waals surface area contributed by atoms with E-state index in [1.54, 1.807) is 24.1 Å². The number of aliphatic carboxylic acids is 1. The van der Waals surface area contributed by atoms with E-state index in [9.17, 15) is 9.59 Å². The number of carboxylic acid groups (broad SMARTS) is 1. The third kappa shape index (κ3) is 3.94. The summed E-state index contributed by atoms with van der Waals surface area (Å²) in [5.74, 6) is 0.400. The topological polar surface area (TPSA) is 82.5 Å². The molecule has 108 valence electrons. The van der Waals surface area contributed by atoms with Crippen LogP contribution in [0.1, 0.15) is 19.0 Å². The van der Waals surface area contributed by atoms with E-state index in [2.05, 4.69) is 17.2 Å². The summed E-state index contributed by atoms with van der Waals surface area (Å²) in [5, 5.41) is 11.4. The molecule has 2 amide bonds. The molecule has 1 heterocycles. The molecule has 2 rings (SSSR count). The number of urea groups is 1. The summed E-state index contributed by atoms with van der Waals surface area (Å²) in [5.41, 5.74) is 1.04. The van der Waals surface area contributed by atoms with Crippen LogP contribution in [0.5, 0.6) is 0 Å². The lowest BCUT2D eigenvalue weighted by Crippen LogP contribution is -2.33. The molecule has 0 aromatic carbocycles. The number of carbonyl (C=O) groups is 2. The van der Waals surface area contributed by atoms with Gasteiger partial charge in [-0.3, -0.25) is 9.78 Å². The Morgan fingerprint density at radius 1 is 1.50 bits per heavy atom. The van der Waals surface area contributed by atoms with E-state index in [0.29, 0.717) is 23.2 Å². The van der Waals surface area contributed by atoms with Crippen molar-refractivity contribution in [1.82, 2.24) is 9.88 Å². The average Bonchev–Trinajstić information content (AvgIpc) is 3.06. The van der Waals surface area contributed by atoms with Gasteiger partial charge in [-0.05, 0) is 30.4 Å². The number of pyridine rings is 1. The number of rotatable bonds is 5. The largest absolute Gasteiger partial charge is 0.481 e. The minimum absolute atomic E-state index is 0.117. The number of hydrogen-bond acceptors (Lipinski definition) is 3. The molecular weight excluding hydrogens is 258 g/mol. The molecule has 2 atom stereocenters. The van der Waals surface area contributed by atoms with Crippen molar-refractivity contribution in [3.8, 4) is 0 Å². The Hall–Kier alpha value is -2.11. The second-order valence-corrected chi connectivity index (χ2v) is 5.39. The highest BCUT2D eigenvalue weighted by Gasteiger charge is 2.34. The first kappa shape index (κ1) is 14.3. The van der Waals surface area contributed by atoms with Crippen molar-refractivity contribution < 1.29 is 14.7 Å². The summed E-state index contributed by atoms with van der Waals surface area (Å²) in [4.78, 5) is 28.1. The lowest BCUT2D eigenvalue weighted by Gasteiger charge is -2.17. The van der Waals surface area contributed by atoms with Crippen molar-refractivity contribution >= 4 is 17.7 Å². The van der Waals surface area contributed by atoms with Crippen LogP contribution < -0.4 is 5.32 Å². The zero-order chi connectivity index (χ0) is 14.7. The molecule has 0 bridgehead atoms. The van der Waals surface area contributed by atoms with E-state index in [1.807, 2.05) is 0 Å². The number of carbonyl (C=O) groups excluding carboxylic acids is 1. The molecule has 1 aromatic rings. The Balaban J connectivity index is 1.85. The summed E-state index contributed by atoms with van der Waals surface area (Å²) >= 11 is 0. The van der Waals surface area contributed by atoms with Crippen molar-refractivity contribution in [3.63, 3.8) is 0 Å². The molecule has 1 saturated carbocycles. The average molecular weight is 277 g/mol. The molecule has 1 aliphatic rings. The van der Waals surface area contributed by atoms with Crippen LogP contribution in [-0.2, 0) is 11.2 Å². The zero-order valence-corrected chi connectivity index (χ0v) is 11.7. The maximum absolute atomic E-state index is 11.9. The van der Waals surface area contributed by atoms with Crippen LogP contribution in [0.4, 0.5) is 10.5 Å². The van der Waals surface area contributed by atoms with E-state index in [-0.39, 0.29) is 12.5 Å². The first-order valence-corrected chi connectivity index (χ1v) is 6.64. The lowest BCUT2D eigenvalue weighted by atomic mass is 10.2. The third-order valence-electron chi connectivity index (χ3n) is 3.54. The molecule has 0 saturated heterocycles. The number of hydrogen-bond donors (Lipinski definition) is 2. The summed E-state index contributed by atoms with van der Waals surface area (Å²) in [6.45, 7) is 2.94. The maximum atomic E-state index is 11.9. The Morgan fingerprint density at radius 2 is 2.20 bits per heavy atom. The van der Waals surface area contributed by atoms with E-state index in [0.717, 1.165) is 6.54 Å². The molecule has 1 aromatic heterocycles. The highest BCUT2D eigenvalue weighted by atomic mass is 16.4. The van der Waals surface area contributed by atoms with Crippen LogP contribution in [0, 0.1) is 11.8 Å². The van der Waals surface area contributed by atoms with E-state index in [1.165, 1.54) is 12.6 Å². The van der Waals surface area contributed by atoms with Gasteiger partial charge >= 0.3 is 12.0 Å². The van der Waals surface area contributed by atoms with Gasteiger partial charge in [0.25, 0.3) is 0 Å². The Morgan fingerprint density at radius 3 is 2.70 bits per heavy atom. The van der Waals surface area contributed by atoms with Gasteiger partial charge in [-0.1, -0.05) is 6.92 Å². The molecule has 0 aliphatic heterocycles. The Kier molecular flexibility index (Phi) is 4.22. The molecule has 1 fully saturated rings. The fourth-order valence-corrected chi connectivity index (χ4v) is 2.06. The zero-order valence-electron chi connectivity index (χ0n) is 11.7. The SMILES string of the molecule is CC1CC1CN(C)C(=O)Nc1ccc(CC(=O)O)nc1. The molecule has 0 spiro atoms. The fraction of sp³-hybridized carbons (Fsp3) is 0.500. The van der Waals surface area contributed by atoms with Gasteiger partial charge in [-0.25, -0.2) is 4.79 Å². The van der Waals surface area contributed by atoms with Crippen LogP contribution >= 0.6 is 0 Å². The van der Waals surface area contributed by atoms with Crippen LogP contribution in [0.2, 0.25) is 0 Å². The highest BCUT2D eigenvalue weighted by molar-refractivity contribution is 5.89. The predicted octanol–water partition coefficient (Wildman–Crippen LogP) is 1.83. The maximum Gasteiger partial charge on any atom is 0.321 e. The second kappa shape index (κ2) is 5.90. The number of aromatic nitrogens is 1. The van der Waals surface area contributed by atoms with Crippen molar-refractivity contribution in [1.29, 1.82) is 0 Å². The van der Waals surface area contributed by atoms with E-state index >= 15 is 0 Å². The number of nitrogens with one attached hydrogen (secondary N) is 1. The molecule has 6 heteroatoms. The smallest absolute Gasteiger partial charge is 0.321 e. The van der Waals surface area contributed by atoms with Gasteiger partial charge in [0, 0.05) is 13.6 Å². The molecule has 0 radical (unpaired) electrons. The van der Waals surface area contributed by atoms with Crippen LogP contribution in [0.15, 0.2) is 18.3 Å². The Bertz CT molecular complexity index is 501. The highest BCUT2D eigenvalue weighted by Crippen LogP contribution is 2.37. The molecule has 2 N–H and O–H groups in total. The number of nitrogens with zero attached hydrogens (tertiary/aromatic N) is 2. The van der Waals surface area contributed by atoms with Gasteiger partial charge in [-0.15, -0.1) is 0 Å². The second-order valence-electron chi connectivity index (χ2n) is 5.39. The van der Waals surface area contributed by atoms with Crippen molar-refractivity contribution in [2.24, 2.45) is 11.8 Å². The minimum atomic E-state index is -0.924. The molecular formula is C14H19N3O3. The van der Waals surface area contributed by atoms with E-state index < -0.39 is 5.97 Å². The van der Waals surface area contributed by atoms with Crippen LogP contribution in [0.3, 0.4) is 0 Å². The van der Waals surface area contributed by atoms with Gasteiger partial charge in [0.1, 0.15) is 0 Å². The van der Waals surface area contributed by atoms with Gasteiger partial charge in [0.15, 0.2) is 0 Å². The van der Waals surface area contributed by atoms with E-state index in [4.69, 9.17) is 5.11 Å². The summed E-state index contributed by atoms with van der Waals surface area (Å²) in [6, 6.07) is 3.10. The Labute approximate surface area is 117 Å². The fourth-order valence-electron chi connectivity index (χ4n) is 2.06. The predicted molar refractivity (Wildman–Crippen MR) is 74.5 cm³/mol. The van der Waals surface area contributed by atoms with Crippen LogP contribution in [-0.4, -0.2) is 40.6 Å². The number of amides is 2. The molecule has 20 heavy (non-hydrogen) atoms. The monoisotopic (exact) mass is 277 g/mol. The number of carboxylic acids is 1. The third-order valence-corrected chi connectivity index (χ3v) is 3.54. The van der Waals surface area contributed by atoms with Crippen molar-refractivity contribution in [3.05, 3.63) is 24.0 Å². The summed E-state index contributed by atoms with van der Waals surface area (Å²) < 4.78 is 0.